The topological polar surface area (TPSA) is 90.1 Å². The third-order valence-corrected chi connectivity index (χ3v) is 6.23. The van der Waals surface area contributed by atoms with Crippen LogP contribution in [-0.4, -0.2) is 19.2 Å². The van der Waals surface area contributed by atoms with Crippen molar-refractivity contribution in [1.29, 1.82) is 0 Å². The molecule has 0 saturated carbocycles. The number of thiazole rings is 1. The molecule has 0 radical (unpaired) electrons. The van der Waals surface area contributed by atoms with Gasteiger partial charge in [-0.3, -0.25) is 4.79 Å². The lowest BCUT2D eigenvalue weighted by atomic mass is 10.2. The normalized spacial score (nSPS) is 11.6. The summed E-state index contributed by atoms with van der Waals surface area (Å²) < 4.78 is 25.6. The largest absolute Gasteiger partial charge is 0.325 e. The molecule has 0 saturated heterocycles. The first-order valence-electron chi connectivity index (χ1n) is 5.56. The van der Waals surface area contributed by atoms with Crippen molar-refractivity contribution in [1.82, 2.24) is 4.98 Å². The number of ketones is 1. The van der Waals surface area contributed by atoms with E-state index in [4.69, 9.17) is 5.73 Å². The highest BCUT2D eigenvalue weighted by Gasteiger charge is 2.22. The Hall–Kier alpha value is -1.09. The van der Waals surface area contributed by atoms with E-state index in [1.54, 1.807) is 6.07 Å². The molecule has 0 bridgehead atoms. The van der Waals surface area contributed by atoms with E-state index in [1.807, 2.05) is 0 Å². The van der Waals surface area contributed by atoms with Crippen molar-refractivity contribution >= 4 is 42.9 Å². The zero-order valence-electron chi connectivity index (χ0n) is 10.5. The zero-order chi connectivity index (χ0) is 14.9. The van der Waals surface area contributed by atoms with Crippen molar-refractivity contribution in [2.45, 2.75) is 22.6 Å². The lowest BCUT2D eigenvalue weighted by Gasteiger charge is -2.04. The molecule has 0 aliphatic heterocycles. The first-order valence-corrected chi connectivity index (χ1v) is 8.65. The Morgan fingerprint density at radius 1 is 1.40 bits per heavy atom. The number of nitrogens with two attached hydrogens (primary N) is 1. The van der Waals surface area contributed by atoms with Crippen LogP contribution in [0, 0.1) is 0 Å². The molecule has 1 aromatic carbocycles. The molecular weight excluding hydrogens is 364 g/mol. The van der Waals surface area contributed by atoms with Crippen LogP contribution in [-0.2, 0) is 16.4 Å². The average molecular weight is 375 g/mol. The second kappa shape index (κ2) is 5.72. The number of carbonyl (C=O) groups excluding carboxylic acids is 1. The molecule has 0 atom stereocenters. The molecule has 0 aliphatic carbocycles. The minimum absolute atomic E-state index is 0.0595. The maximum Gasteiger partial charge on any atom is 0.217 e. The van der Waals surface area contributed by atoms with E-state index in [0.717, 1.165) is 11.3 Å². The summed E-state index contributed by atoms with van der Waals surface area (Å²) in [6.07, 6.45) is 1.29. The highest BCUT2D eigenvalue weighted by molar-refractivity contribution is 9.10. The molecule has 0 spiro atoms. The first kappa shape index (κ1) is 15.3. The van der Waals surface area contributed by atoms with Gasteiger partial charge in [0.2, 0.25) is 9.84 Å². The van der Waals surface area contributed by atoms with Gasteiger partial charge in [-0.05, 0) is 25.1 Å². The Morgan fingerprint density at radius 2 is 2.10 bits per heavy atom. The van der Waals surface area contributed by atoms with Crippen LogP contribution >= 0.6 is 27.3 Å². The number of carbonyl (C=O) groups is 1. The van der Waals surface area contributed by atoms with Gasteiger partial charge in [-0.1, -0.05) is 15.9 Å². The highest BCUT2D eigenvalue weighted by atomic mass is 79.9. The molecule has 0 fully saturated rings. The maximum absolute atomic E-state index is 12.5. The van der Waals surface area contributed by atoms with Gasteiger partial charge < -0.3 is 5.73 Å². The summed E-state index contributed by atoms with van der Waals surface area (Å²) in [5, 5.41) is 0.547. The summed E-state index contributed by atoms with van der Waals surface area (Å²) in [4.78, 5) is 15.4. The molecule has 0 unspecified atom stereocenters. The molecular formula is C12H11BrN2O3S2. The van der Waals surface area contributed by atoms with E-state index in [-0.39, 0.29) is 21.4 Å². The third kappa shape index (κ3) is 2.98. The molecule has 106 valence electrons. The van der Waals surface area contributed by atoms with E-state index in [1.165, 1.54) is 25.3 Å². The number of nitrogens with zero attached hydrogens (tertiary/aromatic N) is 1. The molecule has 8 heteroatoms. The monoisotopic (exact) mass is 374 g/mol. The number of hydrogen-bond acceptors (Lipinski definition) is 6. The lowest BCUT2D eigenvalue weighted by Crippen LogP contribution is -2.02. The van der Waals surface area contributed by atoms with Gasteiger partial charge in [0, 0.05) is 16.6 Å². The number of halogens is 1. The van der Waals surface area contributed by atoms with Crippen LogP contribution in [0.15, 0.2) is 38.0 Å². The molecule has 1 heterocycles. The number of sulfone groups is 1. The average Bonchev–Trinajstić information content (AvgIpc) is 2.87. The van der Waals surface area contributed by atoms with E-state index in [0.29, 0.717) is 15.0 Å². The maximum atomic E-state index is 12.5. The second-order valence-corrected chi connectivity index (χ2v) is 8.22. The minimum atomic E-state index is -3.69. The molecule has 0 aliphatic rings. The van der Waals surface area contributed by atoms with Crippen molar-refractivity contribution in [3.05, 3.63) is 39.4 Å². The van der Waals surface area contributed by atoms with Crippen LogP contribution in [0.5, 0.6) is 0 Å². The summed E-state index contributed by atoms with van der Waals surface area (Å²) >= 11 is 4.25. The van der Waals surface area contributed by atoms with Gasteiger partial charge in [-0.25, -0.2) is 13.4 Å². The van der Waals surface area contributed by atoms with Crippen molar-refractivity contribution in [2.75, 3.05) is 0 Å². The Kier molecular flexibility index (Phi) is 4.38. The predicted octanol–water partition coefficient (Wildman–Crippen LogP) is 2.40. The number of hydrogen-bond donors (Lipinski definition) is 1. The fraction of sp³-hybridized carbons (Fsp3) is 0.167. The van der Waals surface area contributed by atoms with E-state index < -0.39 is 9.84 Å². The number of rotatable bonds is 4. The summed E-state index contributed by atoms with van der Waals surface area (Å²) in [6, 6.07) is 4.41. The van der Waals surface area contributed by atoms with Crippen molar-refractivity contribution < 1.29 is 13.2 Å². The Labute approximate surface area is 128 Å². The highest BCUT2D eigenvalue weighted by Crippen LogP contribution is 2.28. The molecule has 2 N–H and O–H groups in total. The summed E-state index contributed by atoms with van der Waals surface area (Å²) in [5.74, 6) is -0.199. The van der Waals surface area contributed by atoms with Gasteiger partial charge >= 0.3 is 0 Å². The van der Waals surface area contributed by atoms with Crippen LogP contribution < -0.4 is 5.73 Å². The molecule has 20 heavy (non-hydrogen) atoms. The number of Topliss-reactive ketones (excluding diaryl/α,β-unsaturated/α-hetero) is 1. The Bertz CT molecular complexity index is 769. The molecule has 1 aromatic heterocycles. The van der Waals surface area contributed by atoms with Crippen molar-refractivity contribution in [2.24, 2.45) is 5.73 Å². The first-order chi connectivity index (χ1) is 9.34. The van der Waals surface area contributed by atoms with Crippen LogP contribution in [0.4, 0.5) is 0 Å². The third-order valence-electron chi connectivity index (χ3n) is 2.56. The van der Waals surface area contributed by atoms with Crippen LogP contribution in [0.25, 0.3) is 0 Å². The van der Waals surface area contributed by atoms with Crippen LogP contribution in [0.2, 0.25) is 0 Å². The van der Waals surface area contributed by atoms with Crippen LogP contribution in [0.3, 0.4) is 0 Å². The summed E-state index contributed by atoms with van der Waals surface area (Å²) in [6.45, 7) is 1.58. The van der Waals surface area contributed by atoms with E-state index >= 15 is 0 Å². The van der Waals surface area contributed by atoms with E-state index in [2.05, 4.69) is 20.9 Å². The smallest absolute Gasteiger partial charge is 0.217 e. The second-order valence-electron chi connectivity index (χ2n) is 4.01. The molecule has 5 nitrogen and oxygen atoms in total. The van der Waals surface area contributed by atoms with Crippen LogP contribution in [0.1, 0.15) is 22.3 Å². The van der Waals surface area contributed by atoms with Gasteiger partial charge in [-0.2, -0.15) is 0 Å². The standard InChI is InChI=1S/C12H11BrN2O3S2/c1-7(16)8-2-9(13)4-10(3-8)20(17,18)12-6-15-11(5-14)19-12/h2-4,6H,5,14H2,1H3. The molecule has 2 rings (SSSR count). The van der Waals surface area contributed by atoms with Crippen molar-refractivity contribution in [3.63, 3.8) is 0 Å². The fourth-order valence-electron chi connectivity index (χ4n) is 1.55. The Morgan fingerprint density at radius 3 is 2.65 bits per heavy atom. The SMILES string of the molecule is CC(=O)c1cc(Br)cc(S(=O)(=O)c2cnc(CN)s2)c1. The van der Waals surface area contributed by atoms with Gasteiger partial charge in [-0.15, -0.1) is 11.3 Å². The zero-order valence-corrected chi connectivity index (χ0v) is 13.7. The summed E-state index contributed by atoms with van der Waals surface area (Å²) in [7, 11) is -3.69. The lowest BCUT2D eigenvalue weighted by molar-refractivity contribution is 0.101. The van der Waals surface area contributed by atoms with E-state index in [9.17, 15) is 13.2 Å². The number of benzene rings is 1. The van der Waals surface area contributed by atoms with Gasteiger partial charge in [0.15, 0.2) is 5.78 Å². The Balaban J connectivity index is 2.57. The fourth-order valence-corrected chi connectivity index (χ4v) is 4.72. The minimum Gasteiger partial charge on any atom is -0.325 e. The van der Waals surface area contributed by atoms with Gasteiger partial charge in [0.1, 0.15) is 9.22 Å². The predicted molar refractivity (Wildman–Crippen MR) is 79.6 cm³/mol. The van der Waals surface area contributed by atoms with Gasteiger partial charge in [0.25, 0.3) is 0 Å². The number of aromatic nitrogens is 1. The molecule has 2 aromatic rings. The van der Waals surface area contributed by atoms with Crippen molar-refractivity contribution in [3.8, 4) is 0 Å². The summed E-state index contributed by atoms with van der Waals surface area (Å²) in [5.41, 5.74) is 5.77. The molecule has 0 amide bonds. The quantitative estimate of drug-likeness (QED) is 0.829. The van der Waals surface area contributed by atoms with Gasteiger partial charge in [0.05, 0.1) is 11.1 Å².